The van der Waals surface area contributed by atoms with E-state index >= 15 is 0 Å². The molecule has 2 rings (SSSR count). The van der Waals surface area contributed by atoms with E-state index in [0.29, 0.717) is 25.2 Å². The maximum Gasteiger partial charge on any atom is 0.244 e. The molecule has 1 aliphatic heterocycles. The number of benzene rings is 1. The quantitative estimate of drug-likeness (QED) is 0.890. The van der Waals surface area contributed by atoms with Crippen molar-refractivity contribution < 1.29 is 8.42 Å². The molecule has 5 nitrogen and oxygen atoms in total. The van der Waals surface area contributed by atoms with Crippen LogP contribution in [0.1, 0.15) is 12.5 Å². The van der Waals surface area contributed by atoms with E-state index in [2.05, 4.69) is 5.32 Å². The molecule has 0 radical (unpaired) electrons. The van der Waals surface area contributed by atoms with Crippen molar-refractivity contribution in [2.75, 3.05) is 19.6 Å². The Hall–Kier alpha value is -1.13. The summed E-state index contributed by atoms with van der Waals surface area (Å²) in [6.45, 7) is 3.39. The largest absolute Gasteiger partial charge is 0.312 e. The minimum Gasteiger partial charge on any atom is -0.312 e. The number of sulfonamides is 1. The van der Waals surface area contributed by atoms with Crippen molar-refractivity contribution in [2.24, 2.45) is 0 Å². The van der Waals surface area contributed by atoms with Gasteiger partial charge in [0, 0.05) is 25.7 Å². The maximum atomic E-state index is 12.5. The molecule has 7 heteroatoms. The SMILES string of the molecule is CC1CN(S(=O)(=O)c2ccc(C#N)cc2Cl)CCN1. The number of rotatable bonds is 2. The molecular weight excluding hydrogens is 286 g/mol. The minimum absolute atomic E-state index is 0.0577. The predicted octanol–water partition coefficient (Wildman–Crippen LogP) is 1.19. The van der Waals surface area contributed by atoms with Gasteiger partial charge in [-0.3, -0.25) is 0 Å². The van der Waals surface area contributed by atoms with Crippen LogP contribution in [0.4, 0.5) is 0 Å². The van der Waals surface area contributed by atoms with Gasteiger partial charge >= 0.3 is 0 Å². The number of hydrogen-bond acceptors (Lipinski definition) is 4. The number of piperazine rings is 1. The summed E-state index contributed by atoms with van der Waals surface area (Å²) in [5.74, 6) is 0. The highest BCUT2D eigenvalue weighted by atomic mass is 35.5. The second-order valence-corrected chi connectivity index (χ2v) is 6.79. The number of nitrogens with zero attached hydrogens (tertiary/aromatic N) is 2. The van der Waals surface area contributed by atoms with Crippen LogP contribution >= 0.6 is 11.6 Å². The van der Waals surface area contributed by atoms with Crippen molar-refractivity contribution >= 4 is 21.6 Å². The summed E-state index contributed by atoms with van der Waals surface area (Å²) in [7, 11) is -3.60. The summed E-state index contributed by atoms with van der Waals surface area (Å²) >= 11 is 5.98. The third-order valence-electron chi connectivity index (χ3n) is 3.01. The summed E-state index contributed by atoms with van der Waals surface area (Å²) in [6, 6.07) is 6.27. The van der Waals surface area contributed by atoms with Gasteiger partial charge in [0.2, 0.25) is 10.0 Å². The lowest BCUT2D eigenvalue weighted by atomic mass is 10.2. The Balaban J connectivity index is 2.37. The summed E-state index contributed by atoms with van der Waals surface area (Å²) < 4.78 is 26.4. The molecule has 1 fully saturated rings. The second kappa shape index (κ2) is 5.47. The Bertz CT molecular complexity index is 624. The lowest BCUT2D eigenvalue weighted by Gasteiger charge is -2.31. The Morgan fingerprint density at radius 1 is 1.53 bits per heavy atom. The molecule has 1 aromatic rings. The van der Waals surface area contributed by atoms with Gasteiger partial charge in [-0.25, -0.2) is 8.42 Å². The summed E-state index contributed by atoms with van der Waals surface area (Å²) in [6.07, 6.45) is 0. The molecule has 1 aromatic carbocycles. The van der Waals surface area contributed by atoms with E-state index in [1.807, 2.05) is 13.0 Å². The fraction of sp³-hybridized carbons (Fsp3) is 0.417. The Labute approximate surface area is 117 Å². The molecule has 0 aliphatic carbocycles. The van der Waals surface area contributed by atoms with Crippen LogP contribution in [-0.4, -0.2) is 38.4 Å². The Morgan fingerprint density at radius 3 is 2.84 bits per heavy atom. The van der Waals surface area contributed by atoms with Crippen LogP contribution in [0.3, 0.4) is 0 Å². The van der Waals surface area contributed by atoms with E-state index in [0.717, 1.165) is 0 Å². The van der Waals surface area contributed by atoms with Crippen molar-refractivity contribution in [1.82, 2.24) is 9.62 Å². The van der Waals surface area contributed by atoms with Crippen LogP contribution in [0.25, 0.3) is 0 Å². The first kappa shape index (κ1) is 14.3. The van der Waals surface area contributed by atoms with Crippen molar-refractivity contribution in [1.29, 1.82) is 5.26 Å². The standard InChI is InChI=1S/C12H14ClN3O2S/c1-9-8-16(5-4-15-9)19(17,18)12-3-2-10(7-14)6-11(12)13/h2-3,6,9,15H,4-5,8H2,1H3. The smallest absolute Gasteiger partial charge is 0.244 e. The Morgan fingerprint density at radius 2 is 2.26 bits per heavy atom. The fourth-order valence-corrected chi connectivity index (χ4v) is 4.08. The third-order valence-corrected chi connectivity index (χ3v) is 5.36. The molecular formula is C12H14ClN3O2S. The van der Waals surface area contributed by atoms with Crippen LogP contribution in [0.15, 0.2) is 23.1 Å². The molecule has 1 saturated heterocycles. The van der Waals surface area contributed by atoms with E-state index in [9.17, 15) is 8.42 Å². The molecule has 1 atom stereocenters. The first-order chi connectivity index (χ1) is 8.95. The monoisotopic (exact) mass is 299 g/mol. The molecule has 0 aromatic heterocycles. The van der Waals surface area contributed by atoms with Crippen molar-refractivity contribution in [3.05, 3.63) is 28.8 Å². The number of halogens is 1. The van der Waals surface area contributed by atoms with Crippen LogP contribution in [0.2, 0.25) is 5.02 Å². The van der Waals surface area contributed by atoms with Gasteiger partial charge in [-0.1, -0.05) is 11.6 Å². The van der Waals surface area contributed by atoms with Gasteiger partial charge in [0.1, 0.15) is 4.90 Å². The summed E-state index contributed by atoms with van der Waals surface area (Å²) in [5.41, 5.74) is 0.345. The lowest BCUT2D eigenvalue weighted by Crippen LogP contribution is -2.51. The van der Waals surface area contributed by atoms with Crippen molar-refractivity contribution in [3.8, 4) is 6.07 Å². The van der Waals surface area contributed by atoms with Gasteiger partial charge in [-0.15, -0.1) is 0 Å². The first-order valence-corrected chi connectivity index (χ1v) is 7.70. The molecule has 1 unspecified atom stereocenters. The number of hydrogen-bond donors (Lipinski definition) is 1. The van der Waals surface area contributed by atoms with Crippen LogP contribution < -0.4 is 5.32 Å². The number of nitrogens with one attached hydrogen (secondary N) is 1. The minimum atomic E-state index is -3.60. The molecule has 19 heavy (non-hydrogen) atoms. The van der Waals surface area contributed by atoms with Gasteiger partial charge in [0.15, 0.2) is 0 Å². The van der Waals surface area contributed by atoms with E-state index in [1.54, 1.807) is 0 Å². The van der Waals surface area contributed by atoms with E-state index in [1.165, 1.54) is 22.5 Å². The normalized spacial score (nSPS) is 21.0. The Kier molecular flexibility index (Phi) is 4.11. The zero-order valence-electron chi connectivity index (χ0n) is 10.4. The molecule has 1 aliphatic rings. The average molecular weight is 300 g/mol. The van der Waals surface area contributed by atoms with Crippen LogP contribution in [-0.2, 0) is 10.0 Å². The zero-order chi connectivity index (χ0) is 14.0. The molecule has 102 valence electrons. The first-order valence-electron chi connectivity index (χ1n) is 5.88. The highest BCUT2D eigenvalue weighted by Crippen LogP contribution is 2.26. The van der Waals surface area contributed by atoms with E-state index in [-0.39, 0.29) is 16.0 Å². The fourth-order valence-electron chi connectivity index (χ4n) is 2.03. The summed E-state index contributed by atoms with van der Waals surface area (Å²) in [5, 5.41) is 12.0. The van der Waals surface area contributed by atoms with Gasteiger partial charge in [-0.05, 0) is 25.1 Å². The molecule has 0 amide bonds. The van der Waals surface area contributed by atoms with Gasteiger partial charge in [-0.2, -0.15) is 9.57 Å². The van der Waals surface area contributed by atoms with E-state index < -0.39 is 10.0 Å². The van der Waals surface area contributed by atoms with Gasteiger partial charge in [0.25, 0.3) is 0 Å². The maximum absolute atomic E-state index is 12.5. The van der Waals surface area contributed by atoms with Gasteiger partial charge < -0.3 is 5.32 Å². The second-order valence-electron chi connectivity index (χ2n) is 4.48. The van der Waals surface area contributed by atoms with Crippen LogP contribution in [0, 0.1) is 11.3 Å². The van der Waals surface area contributed by atoms with E-state index in [4.69, 9.17) is 16.9 Å². The zero-order valence-corrected chi connectivity index (χ0v) is 12.0. The number of nitriles is 1. The lowest BCUT2D eigenvalue weighted by molar-refractivity contribution is 0.310. The topological polar surface area (TPSA) is 73.2 Å². The molecule has 0 bridgehead atoms. The van der Waals surface area contributed by atoms with Crippen LogP contribution in [0.5, 0.6) is 0 Å². The molecule has 1 N–H and O–H groups in total. The third kappa shape index (κ3) is 2.90. The van der Waals surface area contributed by atoms with Gasteiger partial charge in [0.05, 0.1) is 16.7 Å². The predicted molar refractivity (Wildman–Crippen MR) is 72.4 cm³/mol. The molecule has 1 heterocycles. The molecule has 0 saturated carbocycles. The highest BCUT2D eigenvalue weighted by Gasteiger charge is 2.30. The highest BCUT2D eigenvalue weighted by molar-refractivity contribution is 7.89. The average Bonchev–Trinajstić information content (AvgIpc) is 2.38. The van der Waals surface area contributed by atoms with Crippen molar-refractivity contribution in [3.63, 3.8) is 0 Å². The summed E-state index contributed by atoms with van der Waals surface area (Å²) in [4.78, 5) is 0.0577. The van der Waals surface area contributed by atoms with Crippen molar-refractivity contribution in [2.45, 2.75) is 17.9 Å². The molecule has 0 spiro atoms.